The van der Waals surface area contributed by atoms with E-state index in [4.69, 9.17) is 4.74 Å². The molecule has 1 aliphatic rings. The summed E-state index contributed by atoms with van der Waals surface area (Å²) in [7, 11) is -0.310. The molecule has 1 saturated heterocycles. The van der Waals surface area contributed by atoms with Crippen molar-refractivity contribution in [1.29, 1.82) is 0 Å². The Labute approximate surface area is 126 Å². The Bertz CT molecular complexity index is 583. The van der Waals surface area contributed by atoms with Gasteiger partial charge < -0.3 is 4.74 Å². The minimum absolute atomic E-state index is 0.179. The Morgan fingerprint density at radius 3 is 2.67 bits per heavy atom. The largest absolute Gasteiger partial charge is 0.473 e. The summed E-state index contributed by atoms with van der Waals surface area (Å²) in [5.74, 6) is 1.16. The highest BCUT2D eigenvalue weighted by Gasteiger charge is 2.31. The molecule has 2 rings (SSSR count). The van der Waals surface area contributed by atoms with E-state index in [9.17, 15) is 8.42 Å². The third-order valence-corrected chi connectivity index (χ3v) is 5.27. The van der Waals surface area contributed by atoms with Crippen LogP contribution >= 0.6 is 0 Å². The highest BCUT2D eigenvalue weighted by Crippen LogP contribution is 2.20. The molecule has 0 N–H and O–H groups in total. The maximum absolute atomic E-state index is 12.2. The molecular weight excluding hydrogens is 292 g/mol. The Morgan fingerprint density at radius 2 is 2.05 bits per heavy atom. The zero-order chi connectivity index (χ0) is 15.6. The molecule has 0 amide bonds. The van der Waals surface area contributed by atoms with Crippen LogP contribution in [0.2, 0.25) is 0 Å². The van der Waals surface area contributed by atoms with Crippen LogP contribution in [0.15, 0.2) is 6.07 Å². The first-order chi connectivity index (χ1) is 9.79. The van der Waals surface area contributed by atoms with Gasteiger partial charge in [0.15, 0.2) is 0 Å². The fourth-order valence-electron chi connectivity index (χ4n) is 2.36. The van der Waals surface area contributed by atoms with Gasteiger partial charge in [0.05, 0.1) is 6.54 Å². The van der Waals surface area contributed by atoms with E-state index in [-0.39, 0.29) is 6.10 Å². The molecule has 1 aromatic heterocycles. The molecule has 0 spiro atoms. The van der Waals surface area contributed by atoms with Crippen molar-refractivity contribution in [3.8, 4) is 5.88 Å². The lowest BCUT2D eigenvalue weighted by atomic mass is 10.1. The average Bonchev–Trinajstić information content (AvgIpc) is 2.37. The number of aryl methyl sites for hydroxylation is 2. The number of ether oxygens (including phenoxy) is 1. The maximum Gasteiger partial charge on any atom is 0.281 e. The SMILES string of the molecule is Cc1cc(OC2CCCN(S(=O)(=O)N(C)C)C2)nc(C)n1. The minimum atomic E-state index is -3.39. The molecule has 118 valence electrons. The van der Waals surface area contributed by atoms with E-state index in [1.807, 2.05) is 13.8 Å². The second kappa shape index (κ2) is 6.25. The van der Waals surface area contributed by atoms with Gasteiger partial charge in [0.1, 0.15) is 11.9 Å². The van der Waals surface area contributed by atoms with Crippen LogP contribution in [-0.2, 0) is 10.2 Å². The first-order valence-corrected chi connectivity index (χ1v) is 8.35. The van der Waals surface area contributed by atoms with Crippen LogP contribution in [0, 0.1) is 13.8 Å². The van der Waals surface area contributed by atoms with E-state index in [1.54, 1.807) is 6.07 Å². The van der Waals surface area contributed by atoms with Crippen LogP contribution in [0.4, 0.5) is 0 Å². The van der Waals surface area contributed by atoms with Gasteiger partial charge in [-0.15, -0.1) is 0 Å². The Kier molecular flexibility index (Phi) is 4.80. The van der Waals surface area contributed by atoms with Crippen molar-refractivity contribution >= 4 is 10.2 Å². The van der Waals surface area contributed by atoms with Gasteiger partial charge >= 0.3 is 0 Å². The van der Waals surface area contributed by atoms with Crippen LogP contribution in [-0.4, -0.2) is 60.3 Å². The molecule has 1 aromatic rings. The second-order valence-corrected chi connectivity index (χ2v) is 7.57. The standard InChI is InChI=1S/C13H22N4O3S/c1-10-8-13(15-11(2)14-10)20-12-6-5-7-17(9-12)21(18,19)16(3)4/h8,12H,5-7,9H2,1-4H3. The lowest BCUT2D eigenvalue weighted by Crippen LogP contribution is -2.48. The highest BCUT2D eigenvalue weighted by atomic mass is 32.2. The zero-order valence-corrected chi connectivity index (χ0v) is 13.7. The van der Waals surface area contributed by atoms with Gasteiger partial charge in [0, 0.05) is 32.4 Å². The lowest BCUT2D eigenvalue weighted by molar-refractivity contribution is 0.121. The van der Waals surface area contributed by atoms with E-state index in [1.165, 1.54) is 22.7 Å². The number of rotatable bonds is 4. The van der Waals surface area contributed by atoms with Crippen molar-refractivity contribution < 1.29 is 13.2 Å². The predicted molar refractivity (Wildman–Crippen MR) is 79.3 cm³/mol. The van der Waals surface area contributed by atoms with Crippen molar-refractivity contribution in [3.05, 3.63) is 17.6 Å². The van der Waals surface area contributed by atoms with E-state index in [0.717, 1.165) is 18.5 Å². The molecule has 0 aromatic carbocycles. The van der Waals surface area contributed by atoms with Crippen molar-refractivity contribution in [2.45, 2.75) is 32.8 Å². The highest BCUT2D eigenvalue weighted by molar-refractivity contribution is 7.86. The Morgan fingerprint density at radius 1 is 1.33 bits per heavy atom. The lowest BCUT2D eigenvalue weighted by Gasteiger charge is -2.33. The third-order valence-electron chi connectivity index (χ3n) is 3.36. The smallest absolute Gasteiger partial charge is 0.281 e. The van der Waals surface area contributed by atoms with Gasteiger partial charge in [-0.1, -0.05) is 0 Å². The van der Waals surface area contributed by atoms with Crippen molar-refractivity contribution in [3.63, 3.8) is 0 Å². The van der Waals surface area contributed by atoms with Crippen LogP contribution < -0.4 is 4.74 Å². The summed E-state index contributed by atoms with van der Waals surface area (Å²) < 4.78 is 32.9. The third kappa shape index (κ3) is 3.90. The molecule has 0 radical (unpaired) electrons. The van der Waals surface area contributed by atoms with Gasteiger partial charge in [0.25, 0.3) is 10.2 Å². The topological polar surface area (TPSA) is 75.6 Å². The Hall–Kier alpha value is -1.25. The first-order valence-electron chi connectivity index (χ1n) is 6.95. The van der Waals surface area contributed by atoms with Crippen molar-refractivity contribution in [1.82, 2.24) is 18.6 Å². The minimum Gasteiger partial charge on any atom is -0.473 e. The van der Waals surface area contributed by atoms with Gasteiger partial charge in [-0.2, -0.15) is 22.0 Å². The molecule has 1 aliphatic heterocycles. The molecule has 1 unspecified atom stereocenters. The monoisotopic (exact) mass is 314 g/mol. The number of hydrogen-bond acceptors (Lipinski definition) is 5. The van der Waals surface area contributed by atoms with E-state index in [2.05, 4.69) is 9.97 Å². The molecule has 7 nitrogen and oxygen atoms in total. The summed E-state index contributed by atoms with van der Waals surface area (Å²) in [4.78, 5) is 8.44. The fraction of sp³-hybridized carbons (Fsp3) is 0.692. The molecule has 0 bridgehead atoms. The molecular formula is C13H22N4O3S. The van der Waals surface area contributed by atoms with Gasteiger partial charge in [-0.25, -0.2) is 4.98 Å². The summed E-state index contributed by atoms with van der Waals surface area (Å²) in [6, 6.07) is 1.77. The zero-order valence-electron chi connectivity index (χ0n) is 12.9. The van der Waals surface area contributed by atoms with Crippen molar-refractivity contribution in [2.75, 3.05) is 27.2 Å². The Balaban J connectivity index is 2.08. The second-order valence-electron chi connectivity index (χ2n) is 5.43. The van der Waals surface area contributed by atoms with Crippen LogP contribution in [0.5, 0.6) is 5.88 Å². The molecule has 2 heterocycles. The van der Waals surface area contributed by atoms with Crippen molar-refractivity contribution in [2.24, 2.45) is 0 Å². The summed E-state index contributed by atoms with van der Waals surface area (Å²) >= 11 is 0. The number of hydrogen-bond donors (Lipinski definition) is 0. The molecule has 8 heteroatoms. The summed E-state index contributed by atoms with van der Waals surface area (Å²) in [5.41, 5.74) is 0.839. The molecule has 21 heavy (non-hydrogen) atoms. The normalized spacial score (nSPS) is 20.7. The van der Waals surface area contributed by atoms with Crippen LogP contribution in [0.3, 0.4) is 0 Å². The van der Waals surface area contributed by atoms with E-state index < -0.39 is 10.2 Å². The fourth-order valence-corrected chi connectivity index (χ4v) is 3.53. The van der Waals surface area contributed by atoms with E-state index in [0.29, 0.717) is 24.8 Å². The summed E-state index contributed by atoms with van der Waals surface area (Å²) in [6.45, 7) is 4.57. The first kappa shape index (κ1) is 16.1. The summed E-state index contributed by atoms with van der Waals surface area (Å²) in [6.07, 6.45) is 1.42. The molecule has 0 saturated carbocycles. The number of nitrogens with zero attached hydrogens (tertiary/aromatic N) is 4. The van der Waals surface area contributed by atoms with Crippen LogP contribution in [0.25, 0.3) is 0 Å². The quantitative estimate of drug-likeness (QED) is 0.819. The maximum atomic E-state index is 12.2. The van der Waals surface area contributed by atoms with Gasteiger partial charge in [0.2, 0.25) is 5.88 Å². The summed E-state index contributed by atoms with van der Waals surface area (Å²) in [5, 5.41) is 0. The van der Waals surface area contributed by atoms with Crippen LogP contribution in [0.1, 0.15) is 24.4 Å². The number of aromatic nitrogens is 2. The molecule has 0 aliphatic carbocycles. The van der Waals surface area contributed by atoms with Gasteiger partial charge in [-0.3, -0.25) is 0 Å². The average molecular weight is 314 g/mol. The van der Waals surface area contributed by atoms with Gasteiger partial charge in [-0.05, 0) is 26.7 Å². The molecule has 1 fully saturated rings. The number of piperidine rings is 1. The predicted octanol–water partition coefficient (Wildman–Crippen LogP) is 0.743. The molecule has 1 atom stereocenters. The van der Waals surface area contributed by atoms with E-state index >= 15 is 0 Å².